The number of hydrogen-bond donors (Lipinski definition) is 0. The molecular weight excluding hydrogens is 240 g/mol. The highest BCUT2D eigenvalue weighted by Crippen LogP contribution is 2.30. The average Bonchev–Trinajstić information content (AvgIpc) is 2.88. The maximum absolute atomic E-state index is 4.82. The Labute approximate surface area is 111 Å². The van der Waals surface area contributed by atoms with Crippen molar-refractivity contribution in [1.82, 2.24) is 9.38 Å². The summed E-state index contributed by atoms with van der Waals surface area (Å²) in [6.45, 7) is 6.53. The summed E-state index contributed by atoms with van der Waals surface area (Å²) in [7, 11) is 0. The first kappa shape index (κ1) is 11.5. The van der Waals surface area contributed by atoms with Gasteiger partial charge >= 0.3 is 0 Å². The monoisotopic (exact) mass is 256 g/mol. The molecule has 0 saturated heterocycles. The summed E-state index contributed by atoms with van der Waals surface area (Å²) in [4.78, 5) is 7.28. The second kappa shape index (κ2) is 4.25. The molecule has 2 nitrogen and oxygen atoms in total. The second-order valence-electron chi connectivity index (χ2n) is 4.49. The van der Waals surface area contributed by atoms with Gasteiger partial charge in [-0.2, -0.15) is 0 Å². The minimum absolute atomic E-state index is 1.00. The van der Waals surface area contributed by atoms with Gasteiger partial charge in [-0.25, -0.2) is 4.98 Å². The number of imidazole rings is 1. The third kappa shape index (κ3) is 1.58. The predicted octanol–water partition coefficient (Wildman–Crippen LogP) is 4.24. The lowest BCUT2D eigenvalue weighted by atomic mass is 10.1. The van der Waals surface area contributed by atoms with Crippen molar-refractivity contribution in [3.05, 3.63) is 46.6 Å². The Balaban J connectivity index is 2.31. The van der Waals surface area contributed by atoms with Crippen molar-refractivity contribution in [2.45, 2.75) is 27.2 Å². The van der Waals surface area contributed by atoms with Gasteiger partial charge in [0.05, 0.1) is 11.4 Å². The minimum atomic E-state index is 1.00. The highest BCUT2D eigenvalue weighted by atomic mass is 32.1. The number of nitrogens with zero attached hydrogens (tertiary/aromatic N) is 2. The first-order chi connectivity index (χ1) is 8.72. The van der Waals surface area contributed by atoms with Gasteiger partial charge in [0, 0.05) is 16.1 Å². The number of aryl methyl sites for hydroxylation is 3. The Morgan fingerprint density at radius 3 is 2.56 bits per heavy atom. The Morgan fingerprint density at radius 1 is 1.17 bits per heavy atom. The molecule has 0 atom stereocenters. The number of benzene rings is 1. The van der Waals surface area contributed by atoms with Crippen molar-refractivity contribution in [1.29, 1.82) is 0 Å². The normalized spacial score (nSPS) is 11.3. The maximum atomic E-state index is 4.82. The summed E-state index contributed by atoms with van der Waals surface area (Å²) >= 11 is 1.78. The fourth-order valence-electron chi connectivity index (χ4n) is 2.37. The summed E-state index contributed by atoms with van der Waals surface area (Å²) in [5.41, 5.74) is 4.98. The molecule has 3 rings (SSSR count). The van der Waals surface area contributed by atoms with Gasteiger partial charge in [-0.15, -0.1) is 11.3 Å². The van der Waals surface area contributed by atoms with E-state index < -0.39 is 0 Å². The fourth-order valence-corrected chi connectivity index (χ4v) is 3.36. The van der Waals surface area contributed by atoms with Crippen molar-refractivity contribution < 1.29 is 0 Å². The summed E-state index contributed by atoms with van der Waals surface area (Å²) in [6.07, 6.45) is 1.00. The molecule has 0 radical (unpaired) electrons. The SMILES string of the molecule is CCc1c(-c2ccccc2)nc2sc(C)c(C)n12. The molecule has 18 heavy (non-hydrogen) atoms. The van der Waals surface area contributed by atoms with E-state index in [1.807, 2.05) is 6.07 Å². The molecule has 0 fully saturated rings. The van der Waals surface area contributed by atoms with Crippen LogP contribution in [0.4, 0.5) is 0 Å². The van der Waals surface area contributed by atoms with Gasteiger partial charge in [0.1, 0.15) is 0 Å². The number of thiazole rings is 1. The molecule has 2 heterocycles. The summed E-state index contributed by atoms with van der Waals surface area (Å²) < 4.78 is 2.31. The lowest BCUT2D eigenvalue weighted by Gasteiger charge is -2.03. The predicted molar refractivity (Wildman–Crippen MR) is 77.4 cm³/mol. The number of hydrogen-bond acceptors (Lipinski definition) is 2. The molecule has 0 spiro atoms. The Bertz CT molecular complexity index is 692. The molecule has 0 unspecified atom stereocenters. The lowest BCUT2D eigenvalue weighted by molar-refractivity contribution is 0.970. The first-order valence-corrected chi connectivity index (χ1v) is 7.06. The van der Waals surface area contributed by atoms with Gasteiger partial charge in [0.25, 0.3) is 0 Å². The van der Waals surface area contributed by atoms with Crippen LogP contribution in [0.2, 0.25) is 0 Å². The first-order valence-electron chi connectivity index (χ1n) is 6.25. The molecule has 0 saturated carbocycles. The van der Waals surface area contributed by atoms with Crippen LogP contribution in [0, 0.1) is 13.8 Å². The van der Waals surface area contributed by atoms with Gasteiger partial charge in [0.15, 0.2) is 4.96 Å². The standard InChI is InChI=1S/C15H16N2S/c1-4-13-14(12-8-6-5-7-9-12)16-15-17(13)10(2)11(3)18-15/h5-9H,4H2,1-3H3. The quantitative estimate of drug-likeness (QED) is 0.670. The zero-order chi connectivity index (χ0) is 12.7. The van der Waals surface area contributed by atoms with Crippen molar-refractivity contribution in [3.8, 4) is 11.3 Å². The van der Waals surface area contributed by atoms with E-state index in [0.717, 1.165) is 17.1 Å². The van der Waals surface area contributed by atoms with E-state index in [0.29, 0.717) is 0 Å². The van der Waals surface area contributed by atoms with Crippen molar-refractivity contribution in [2.75, 3.05) is 0 Å². The maximum Gasteiger partial charge on any atom is 0.194 e. The smallest absolute Gasteiger partial charge is 0.194 e. The van der Waals surface area contributed by atoms with Crippen molar-refractivity contribution >= 4 is 16.3 Å². The Morgan fingerprint density at radius 2 is 1.89 bits per heavy atom. The van der Waals surface area contributed by atoms with Crippen LogP contribution >= 0.6 is 11.3 Å². The van der Waals surface area contributed by atoms with Crippen LogP contribution in [0.3, 0.4) is 0 Å². The van der Waals surface area contributed by atoms with E-state index in [1.165, 1.54) is 21.8 Å². The Hall–Kier alpha value is -1.61. The molecule has 1 aromatic carbocycles. The molecule has 0 aliphatic rings. The van der Waals surface area contributed by atoms with Gasteiger partial charge in [-0.1, -0.05) is 37.3 Å². The van der Waals surface area contributed by atoms with Gasteiger partial charge in [-0.05, 0) is 20.3 Å². The third-order valence-corrected chi connectivity index (χ3v) is 4.47. The van der Waals surface area contributed by atoms with Crippen molar-refractivity contribution in [2.24, 2.45) is 0 Å². The molecule has 0 bridgehead atoms. The van der Waals surface area contributed by atoms with Crippen LogP contribution in [0.25, 0.3) is 16.2 Å². The summed E-state index contributed by atoms with van der Waals surface area (Å²) in [5, 5.41) is 0. The molecule has 2 aromatic heterocycles. The highest BCUT2D eigenvalue weighted by molar-refractivity contribution is 7.17. The molecule has 0 amide bonds. The Kier molecular flexibility index (Phi) is 2.71. The minimum Gasteiger partial charge on any atom is -0.291 e. The zero-order valence-corrected chi connectivity index (χ0v) is 11.7. The summed E-state index contributed by atoms with van der Waals surface area (Å²) in [6, 6.07) is 10.4. The van der Waals surface area contributed by atoms with E-state index >= 15 is 0 Å². The molecule has 92 valence electrons. The van der Waals surface area contributed by atoms with E-state index in [2.05, 4.69) is 49.4 Å². The molecule has 3 heteroatoms. The zero-order valence-electron chi connectivity index (χ0n) is 10.9. The van der Waals surface area contributed by atoms with Gasteiger partial charge in [-0.3, -0.25) is 4.40 Å². The van der Waals surface area contributed by atoms with E-state index in [1.54, 1.807) is 11.3 Å². The number of rotatable bonds is 2. The van der Waals surface area contributed by atoms with E-state index in [4.69, 9.17) is 4.98 Å². The number of aromatic nitrogens is 2. The third-order valence-electron chi connectivity index (χ3n) is 3.41. The van der Waals surface area contributed by atoms with Crippen molar-refractivity contribution in [3.63, 3.8) is 0 Å². The fraction of sp³-hybridized carbons (Fsp3) is 0.267. The topological polar surface area (TPSA) is 17.3 Å². The van der Waals surface area contributed by atoms with E-state index in [9.17, 15) is 0 Å². The highest BCUT2D eigenvalue weighted by Gasteiger charge is 2.16. The molecule has 0 aliphatic heterocycles. The largest absolute Gasteiger partial charge is 0.291 e. The lowest BCUT2D eigenvalue weighted by Crippen LogP contribution is -1.94. The summed E-state index contributed by atoms with van der Waals surface area (Å²) in [5.74, 6) is 0. The second-order valence-corrected chi connectivity index (χ2v) is 5.67. The van der Waals surface area contributed by atoms with Crippen LogP contribution < -0.4 is 0 Å². The average molecular weight is 256 g/mol. The molecular formula is C15H16N2S. The van der Waals surface area contributed by atoms with Crippen LogP contribution in [0.15, 0.2) is 30.3 Å². The molecule has 3 aromatic rings. The van der Waals surface area contributed by atoms with Crippen LogP contribution in [-0.4, -0.2) is 9.38 Å². The van der Waals surface area contributed by atoms with Crippen LogP contribution in [0.1, 0.15) is 23.2 Å². The van der Waals surface area contributed by atoms with E-state index in [-0.39, 0.29) is 0 Å². The van der Waals surface area contributed by atoms with Crippen LogP contribution in [0.5, 0.6) is 0 Å². The number of fused-ring (bicyclic) bond motifs is 1. The molecule has 0 N–H and O–H groups in total. The van der Waals surface area contributed by atoms with Gasteiger partial charge < -0.3 is 0 Å². The van der Waals surface area contributed by atoms with Gasteiger partial charge in [0.2, 0.25) is 0 Å². The van der Waals surface area contributed by atoms with Crippen LogP contribution in [-0.2, 0) is 6.42 Å². The molecule has 0 aliphatic carbocycles.